The molecule has 0 unspecified atom stereocenters. The summed E-state index contributed by atoms with van der Waals surface area (Å²) in [5.41, 5.74) is 2.34. The van der Waals surface area contributed by atoms with E-state index in [4.69, 9.17) is 0 Å². The Morgan fingerprint density at radius 1 is 1.06 bits per heavy atom. The van der Waals surface area contributed by atoms with Crippen molar-refractivity contribution in [3.63, 3.8) is 0 Å². The summed E-state index contributed by atoms with van der Waals surface area (Å²) in [6, 6.07) is 11.8. The molecule has 0 aliphatic carbocycles. The molecule has 7 heteroatoms. The van der Waals surface area contributed by atoms with Crippen LogP contribution in [0.5, 0.6) is 0 Å². The van der Waals surface area contributed by atoms with Gasteiger partial charge < -0.3 is 9.80 Å². The average molecular weight is 427 g/mol. The Hall–Kier alpha value is -3.87. The number of hydrogen-bond donors (Lipinski definition) is 0. The zero-order valence-electron chi connectivity index (χ0n) is 17.8. The van der Waals surface area contributed by atoms with E-state index in [-0.39, 0.29) is 17.1 Å². The zero-order chi connectivity index (χ0) is 22.2. The fourth-order valence-electron chi connectivity index (χ4n) is 4.41. The monoisotopic (exact) mass is 427 g/mol. The van der Waals surface area contributed by atoms with Gasteiger partial charge in [0.05, 0.1) is 5.39 Å². The lowest BCUT2D eigenvalue weighted by atomic mass is 9.97. The number of anilines is 1. The molecule has 3 heterocycles. The second kappa shape index (κ2) is 8.00. The number of halogens is 1. The first-order valence-corrected chi connectivity index (χ1v) is 10.5. The Bertz CT molecular complexity index is 1360. The number of amides is 1. The topological polar surface area (TPSA) is 62.2 Å². The molecule has 6 nitrogen and oxygen atoms in total. The first-order valence-electron chi connectivity index (χ1n) is 10.5. The third kappa shape index (κ3) is 3.26. The van der Waals surface area contributed by atoms with E-state index in [1.54, 1.807) is 11.1 Å². The van der Waals surface area contributed by atoms with Crippen LogP contribution in [0.4, 0.5) is 10.2 Å². The van der Waals surface area contributed by atoms with Crippen molar-refractivity contribution in [3.8, 4) is 11.3 Å². The highest BCUT2D eigenvalue weighted by Crippen LogP contribution is 2.34. The molecule has 160 valence electrons. The number of carbonyl (C=O) groups excluding carboxylic acids is 1. The molecule has 1 saturated heterocycles. The molecule has 1 amide bonds. The Morgan fingerprint density at radius 3 is 2.56 bits per heavy atom. The van der Waals surface area contributed by atoms with Gasteiger partial charge in [0.25, 0.3) is 0 Å². The van der Waals surface area contributed by atoms with E-state index in [9.17, 15) is 4.79 Å². The van der Waals surface area contributed by atoms with E-state index < -0.39 is 5.82 Å². The van der Waals surface area contributed by atoms with Crippen molar-refractivity contribution in [2.24, 2.45) is 0 Å². The number of aryl methyl sites for hydroxylation is 1. The summed E-state index contributed by atoms with van der Waals surface area (Å²) in [4.78, 5) is 28.8. The molecular formula is C25H22FN5O. The number of nitrogens with zero attached hydrogens (tertiary/aromatic N) is 5. The van der Waals surface area contributed by atoms with Crippen molar-refractivity contribution in [2.45, 2.75) is 6.92 Å². The molecule has 0 atom stereocenters. The lowest BCUT2D eigenvalue weighted by Gasteiger charge is -2.35. The molecule has 0 bridgehead atoms. The van der Waals surface area contributed by atoms with Crippen LogP contribution in [0, 0.1) is 12.7 Å². The Morgan fingerprint density at radius 2 is 1.81 bits per heavy atom. The van der Waals surface area contributed by atoms with Crippen molar-refractivity contribution >= 4 is 33.4 Å². The number of rotatable bonds is 3. The highest BCUT2D eigenvalue weighted by molar-refractivity contribution is 6.00. The maximum absolute atomic E-state index is 15.7. The van der Waals surface area contributed by atoms with Gasteiger partial charge in [0.15, 0.2) is 5.82 Å². The van der Waals surface area contributed by atoms with E-state index >= 15 is 4.39 Å². The maximum Gasteiger partial charge on any atom is 0.246 e. The highest BCUT2D eigenvalue weighted by atomic mass is 19.1. The van der Waals surface area contributed by atoms with Crippen LogP contribution < -0.4 is 4.90 Å². The lowest BCUT2D eigenvalue weighted by molar-refractivity contribution is -0.126. The number of aromatic nitrogens is 3. The quantitative estimate of drug-likeness (QED) is 0.460. The second-order valence-corrected chi connectivity index (χ2v) is 7.88. The summed E-state index contributed by atoms with van der Waals surface area (Å²) in [6.07, 6.45) is 4.37. The van der Waals surface area contributed by atoms with Gasteiger partial charge in [0.1, 0.15) is 23.4 Å². The molecule has 1 aliphatic rings. The van der Waals surface area contributed by atoms with E-state index in [0.717, 1.165) is 21.9 Å². The lowest BCUT2D eigenvalue weighted by Crippen LogP contribution is -2.48. The molecule has 2 aromatic carbocycles. The molecule has 0 N–H and O–H groups in total. The largest absolute Gasteiger partial charge is 0.352 e. The maximum atomic E-state index is 15.7. The highest BCUT2D eigenvalue weighted by Gasteiger charge is 2.24. The van der Waals surface area contributed by atoms with Gasteiger partial charge in [-0.2, -0.15) is 0 Å². The predicted octanol–water partition coefficient (Wildman–Crippen LogP) is 4.13. The summed E-state index contributed by atoms with van der Waals surface area (Å²) >= 11 is 0. The van der Waals surface area contributed by atoms with Crippen LogP contribution in [0.2, 0.25) is 0 Å². The van der Waals surface area contributed by atoms with Gasteiger partial charge in [-0.25, -0.2) is 14.4 Å². The van der Waals surface area contributed by atoms with Crippen LogP contribution in [-0.2, 0) is 4.79 Å². The fraction of sp³-hybridized carbons (Fsp3) is 0.200. The molecule has 2 aromatic heterocycles. The number of pyridine rings is 1. The van der Waals surface area contributed by atoms with Crippen LogP contribution in [0.1, 0.15) is 5.56 Å². The van der Waals surface area contributed by atoms with Crippen molar-refractivity contribution in [3.05, 3.63) is 73.0 Å². The van der Waals surface area contributed by atoms with E-state index in [1.807, 2.05) is 48.2 Å². The van der Waals surface area contributed by atoms with Crippen LogP contribution in [0.15, 0.2) is 61.6 Å². The minimum absolute atomic E-state index is 0.0834. The molecule has 5 rings (SSSR count). The number of hydrogen-bond acceptors (Lipinski definition) is 5. The van der Waals surface area contributed by atoms with Gasteiger partial charge in [-0.1, -0.05) is 43.0 Å². The second-order valence-electron chi connectivity index (χ2n) is 7.88. The smallest absolute Gasteiger partial charge is 0.246 e. The van der Waals surface area contributed by atoms with E-state index in [1.165, 1.54) is 12.4 Å². The Labute approximate surface area is 185 Å². The number of fused-ring (bicyclic) bond motifs is 2. The van der Waals surface area contributed by atoms with Gasteiger partial charge >= 0.3 is 0 Å². The van der Waals surface area contributed by atoms with Crippen LogP contribution in [-0.4, -0.2) is 51.9 Å². The van der Waals surface area contributed by atoms with Gasteiger partial charge in [-0.05, 0) is 29.3 Å². The van der Waals surface area contributed by atoms with Gasteiger partial charge in [0, 0.05) is 37.9 Å². The molecule has 1 aliphatic heterocycles. The minimum atomic E-state index is -0.456. The molecule has 0 saturated carbocycles. The standard InChI is InChI=1S/C25H22FN5O/c1-3-20(32)30-10-12-31(13-11-30)25-19-14-27-23(22(26)24(19)28-15-29-25)18-9-5-8-17-7-4-6-16(2)21(17)18/h3-9,14-15H,1,10-13H2,2H3. The van der Waals surface area contributed by atoms with E-state index in [2.05, 4.69) is 21.5 Å². The van der Waals surface area contributed by atoms with Crippen molar-refractivity contribution in [2.75, 3.05) is 31.1 Å². The molecule has 0 radical (unpaired) electrons. The minimum Gasteiger partial charge on any atom is -0.352 e. The van der Waals surface area contributed by atoms with Crippen LogP contribution in [0.25, 0.3) is 32.9 Å². The normalized spacial score (nSPS) is 14.2. The summed E-state index contributed by atoms with van der Waals surface area (Å²) < 4.78 is 15.7. The first-order chi connectivity index (χ1) is 15.6. The van der Waals surface area contributed by atoms with Gasteiger partial charge in [-0.15, -0.1) is 0 Å². The van der Waals surface area contributed by atoms with Gasteiger partial charge in [0.2, 0.25) is 5.91 Å². The molecular weight excluding hydrogens is 405 g/mol. The van der Waals surface area contributed by atoms with E-state index in [0.29, 0.717) is 37.4 Å². The number of piperazine rings is 1. The summed E-state index contributed by atoms with van der Waals surface area (Å²) in [5.74, 6) is 0.0926. The molecule has 1 fully saturated rings. The fourth-order valence-corrected chi connectivity index (χ4v) is 4.41. The summed E-state index contributed by atoms with van der Waals surface area (Å²) in [5, 5.41) is 2.59. The van der Waals surface area contributed by atoms with Crippen molar-refractivity contribution in [1.29, 1.82) is 0 Å². The Balaban J connectivity index is 1.57. The summed E-state index contributed by atoms with van der Waals surface area (Å²) in [7, 11) is 0. The first kappa shape index (κ1) is 20.1. The SMILES string of the molecule is C=CC(=O)N1CCN(c2ncnc3c(F)c(-c4cccc5cccc(C)c45)ncc23)CC1. The molecule has 32 heavy (non-hydrogen) atoms. The zero-order valence-corrected chi connectivity index (χ0v) is 17.8. The van der Waals surface area contributed by atoms with Crippen LogP contribution in [0.3, 0.4) is 0 Å². The molecule has 0 spiro atoms. The van der Waals surface area contributed by atoms with Crippen molar-refractivity contribution in [1.82, 2.24) is 19.9 Å². The van der Waals surface area contributed by atoms with Crippen molar-refractivity contribution < 1.29 is 9.18 Å². The van der Waals surface area contributed by atoms with Gasteiger partial charge in [-0.3, -0.25) is 9.78 Å². The summed E-state index contributed by atoms with van der Waals surface area (Å²) in [6.45, 7) is 7.86. The molecule has 4 aromatic rings. The third-order valence-corrected chi connectivity index (χ3v) is 6.04. The predicted molar refractivity (Wildman–Crippen MR) is 124 cm³/mol. The Kier molecular flexibility index (Phi) is 5.01. The third-order valence-electron chi connectivity index (χ3n) is 6.04. The average Bonchev–Trinajstić information content (AvgIpc) is 2.83. The number of benzene rings is 2. The van der Waals surface area contributed by atoms with Crippen LogP contribution >= 0.6 is 0 Å². The number of carbonyl (C=O) groups is 1.